The van der Waals surface area contributed by atoms with Gasteiger partial charge in [-0.25, -0.2) is 0 Å². The van der Waals surface area contributed by atoms with Crippen LogP contribution in [0.1, 0.15) is 11.3 Å². The lowest BCUT2D eigenvalue weighted by Crippen LogP contribution is -2.33. The lowest BCUT2D eigenvalue weighted by molar-refractivity contribution is -0.730. The topological polar surface area (TPSA) is 59.9 Å². The molecule has 0 saturated carbocycles. The van der Waals surface area contributed by atoms with E-state index in [-0.39, 0.29) is 10.6 Å². The van der Waals surface area contributed by atoms with Crippen molar-refractivity contribution in [2.75, 3.05) is 0 Å². The van der Waals surface area contributed by atoms with Crippen molar-refractivity contribution in [1.29, 1.82) is 0 Å². The Morgan fingerprint density at radius 3 is 2.67 bits per heavy atom. The lowest BCUT2D eigenvalue weighted by atomic mass is 10.0. The molecule has 0 aliphatic heterocycles. The van der Waals surface area contributed by atoms with Crippen LogP contribution in [0.4, 0.5) is 5.69 Å². The molecular formula is C16H14N3O2+. The molecule has 0 aliphatic rings. The van der Waals surface area contributed by atoms with Crippen molar-refractivity contribution in [2.45, 2.75) is 6.42 Å². The Balaban J connectivity index is 2.13. The summed E-state index contributed by atoms with van der Waals surface area (Å²) in [6.07, 6.45) is 2.38. The predicted octanol–water partition coefficient (Wildman–Crippen LogP) is 2.56. The van der Waals surface area contributed by atoms with Crippen molar-refractivity contribution in [3.63, 3.8) is 0 Å². The Labute approximate surface area is 121 Å². The zero-order valence-corrected chi connectivity index (χ0v) is 11.6. The Morgan fingerprint density at radius 1 is 1.14 bits per heavy atom. The number of aromatic nitrogens is 2. The summed E-state index contributed by atoms with van der Waals surface area (Å²) in [6.45, 7) is 0. The van der Waals surface area contributed by atoms with E-state index in [1.807, 2.05) is 43.6 Å². The Kier molecular flexibility index (Phi) is 3.31. The summed E-state index contributed by atoms with van der Waals surface area (Å²) >= 11 is 0. The van der Waals surface area contributed by atoms with Crippen LogP contribution in [0.2, 0.25) is 0 Å². The molecule has 3 rings (SSSR count). The monoisotopic (exact) mass is 280 g/mol. The van der Waals surface area contributed by atoms with Gasteiger partial charge in [-0.3, -0.25) is 10.1 Å². The number of para-hydroxylation sites is 1. The maximum absolute atomic E-state index is 11.1. The summed E-state index contributed by atoms with van der Waals surface area (Å²) < 4.78 is 1.74. The van der Waals surface area contributed by atoms with Gasteiger partial charge in [-0.05, 0) is 11.2 Å². The van der Waals surface area contributed by atoms with Gasteiger partial charge >= 0.3 is 0 Å². The molecule has 0 unspecified atom stereocenters. The van der Waals surface area contributed by atoms with Gasteiger partial charge in [-0.2, -0.15) is 0 Å². The van der Waals surface area contributed by atoms with Crippen LogP contribution < -0.4 is 4.68 Å². The first kappa shape index (κ1) is 13.2. The Morgan fingerprint density at radius 2 is 1.86 bits per heavy atom. The largest absolute Gasteiger partial charge is 0.272 e. The standard InChI is InChI=1S/C16H14N3O2/c1-18-11-13-7-2-4-8-14(13)15(17-18)10-12-6-3-5-9-16(12)19(20)21/h2-9,11H,10H2,1H3/q+1. The van der Waals surface area contributed by atoms with Crippen LogP contribution in [-0.2, 0) is 13.5 Å². The van der Waals surface area contributed by atoms with Gasteiger partial charge in [0.1, 0.15) is 5.69 Å². The minimum absolute atomic E-state index is 0.134. The molecule has 5 nitrogen and oxygen atoms in total. The summed E-state index contributed by atoms with van der Waals surface area (Å²) in [5, 5.41) is 17.7. The fourth-order valence-corrected chi connectivity index (χ4v) is 2.50. The highest BCUT2D eigenvalue weighted by molar-refractivity contribution is 5.83. The fraction of sp³-hybridized carbons (Fsp3) is 0.125. The molecule has 5 heteroatoms. The average molecular weight is 280 g/mol. The van der Waals surface area contributed by atoms with Crippen LogP contribution in [0.25, 0.3) is 10.8 Å². The number of rotatable bonds is 3. The zero-order valence-electron chi connectivity index (χ0n) is 11.6. The van der Waals surface area contributed by atoms with Crippen LogP contribution in [0.5, 0.6) is 0 Å². The van der Waals surface area contributed by atoms with Gasteiger partial charge < -0.3 is 0 Å². The number of nitro groups is 1. The second-order valence-corrected chi connectivity index (χ2v) is 4.90. The van der Waals surface area contributed by atoms with E-state index in [9.17, 15) is 10.1 Å². The molecular weight excluding hydrogens is 266 g/mol. The molecule has 0 N–H and O–H groups in total. The van der Waals surface area contributed by atoms with Gasteiger partial charge in [-0.15, -0.1) is 0 Å². The van der Waals surface area contributed by atoms with Crippen molar-refractivity contribution in [3.8, 4) is 0 Å². The van der Waals surface area contributed by atoms with Crippen LogP contribution >= 0.6 is 0 Å². The van der Waals surface area contributed by atoms with E-state index in [1.165, 1.54) is 6.07 Å². The average Bonchev–Trinajstić information content (AvgIpc) is 2.47. The normalized spacial score (nSPS) is 10.7. The Hall–Kier alpha value is -2.82. The van der Waals surface area contributed by atoms with E-state index in [0.29, 0.717) is 12.0 Å². The molecule has 1 aromatic heterocycles. The molecule has 104 valence electrons. The van der Waals surface area contributed by atoms with Gasteiger partial charge in [0.2, 0.25) is 6.20 Å². The van der Waals surface area contributed by atoms with Crippen molar-refractivity contribution in [1.82, 2.24) is 5.10 Å². The molecule has 0 amide bonds. The maximum Gasteiger partial charge on any atom is 0.272 e. The second kappa shape index (κ2) is 5.28. The molecule has 3 aromatic rings. The zero-order chi connectivity index (χ0) is 14.8. The fourth-order valence-electron chi connectivity index (χ4n) is 2.50. The summed E-state index contributed by atoms with van der Waals surface area (Å²) in [5.74, 6) is 0. The summed E-state index contributed by atoms with van der Waals surface area (Å²) in [6, 6.07) is 14.7. The third-order valence-electron chi connectivity index (χ3n) is 3.42. The van der Waals surface area contributed by atoms with E-state index >= 15 is 0 Å². The minimum atomic E-state index is -0.347. The highest BCUT2D eigenvalue weighted by atomic mass is 16.6. The summed E-state index contributed by atoms with van der Waals surface area (Å²) in [7, 11) is 1.86. The highest BCUT2D eigenvalue weighted by Crippen LogP contribution is 2.23. The van der Waals surface area contributed by atoms with Gasteiger partial charge in [0, 0.05) is 28.8 Å². The van der Waals surface area contributed by atoms with Gasteiger partial charge in [0.25, 0.3) is 5.69 Å². The molecule has 0 atom stereocenters. The van der Waals surface area contributed by atoms with Crippen LogP contribution in [-0.4, -0.2) is 10.0 Å². The minimum Gasteiger partial charge on any atom is -0.258 e. The van der Waals surface area contributed by atoms with E-state index in [1.54, 1.807) is 16.8 Å². The predicted molar refractivity (Wildman–Crippen MR) is 78.8 cm³/mol. The summed E-state index contributed by atoms with van der Waals surface area (Å²) in [4.78, 5) is 10.8. The van der Waals surface area contributed by atoms with E-state index in [4.69, 9.17) is 0 Å². The number of aryl methyl sites for hydroxylation is 1. The van der Waals surface area contributed by atoms with Gasteiger partial charge in [0.15, 0.2) is 7.05 Å². The van der Waals surface area contributed by atoms with E-state index in [0.717, 1.165) is 16.5 Å². The molecule has 21 heavy (non-hydrogen) atoms. The molecule has 0 saturated heterocycles. The van der Waals surface area contributed by atoms with Gasteiger partial charge in [0.05, 0.1) is 4.92 Å². The van der Waals surface area contributed by atoms with Gasteiger partial charge in [-0.1, -0.05) is 41.1 Å². The highest BCUT2D eigenvalue weighted by Gasteiger charge is 2.16. The lowest BCUT2D eigenvalue weighted by Gasteiger charge is -2.04. The van der Waals surface area contributed by atoms with Crippen molar-refractivity contribution in [3.05, 3.63) is 76.1 Å². The first-order valence-corrected chi connectivity index (χ1v) is 6.62. The van der Waals surface area contributed by atoms with Crippen LogP contribution in [0, 0.1) is 10.1 Å². The number of hydrogen-bond acceptors (Lipinski definition) is 3. The molecule has 1 heterocycles. The maximum atomic E-state index is 11.1. The SMILES string of the molecule is C[n+]1cc2ccccc2c(Cc2ccccc2[N+](=O)[O-])n1. The summed E-state index contributed by atoms with van der Waals surface area (Å²) in [5.41, 5.74) is 1.64. The second-order valence-electron chi connectivity index (χ2n) is 4.90. The number of hydrogen-bond donors (Lipinski definition) is 0. The van der Waals surface area contributed by atoms with Crippen molar-refractivity contribution < 1.29 is 9.61 Å². The molecule has 2 aromatic carbocycles. The third kappa shape index (κ3) is 2.58. The first-order chi connectivity index (χ1) is 10.1. The quantitative estimate of drug-likeness (QED) is 0.421. The molecule has 0 spiro atoms. The third-order valence-corrected chi connectivity index (χ3v) is 3.42. The smallest absolute Gasteiger partial charge is 0.258 e. The van der Waals surface area contributed by atoms with Crippen LogP contribution in [0.3, 0.4) is 0 Å². The van der Waals surface area contributed by atoms with Crippen molar-refractivity contribution in [2.24, 2.45) is 7.05 Å². The molecule has 0 radical (unpaired) electrons. The Bertz CT molecular complexity index is 831. The van der Waals surface area contributed by atoms with E-state index in [2.05, 4.69) is 5.10 Å². The molecule has 0 aliphatic carbocycles. The number of benzene rings is 2. The molecule has 0 bridgehead atoms. The van der Waals surface area contributed by atoms with E-state index < -0.39 is 0 Å². The number of nitrogens with zero attached hydrogens (tertiary/aromatic N) is 3. The number of nitro benzene ring substituents is 1. The molecule has 0 fully saturated rings. The number of fused-ring (bicyclic) bond motifs is 1. The van der Waals surface area contributed by atoms with Crippen LogP contribution in [0.15, 0.2) is 54.7 Å². The van der Waals surface area contributed by atoms with Crippen molar-refractivity contribution >= 4 is 16.5 Å². The first-order valence-electron chi connectivity index (χ1n) is 6.62.